The Morgan fingerprint density at radius 1 is 0.316 bits per heavy atom. The van der Waals surface area contributed by atoms with E-state index in [9.17, 15) is 28.8 Å². The van der Waals surface area contributed by atoms with E-state index in [1.807, 2.05) is 69.2 Å². The zero-order valence-electron chi connectivity index (χ0n) is 55.5. The Kier molecular flexibility index (Phi) is 49.4. The van der Waals surface area contributed by atoms with Gasteiger partial charge in [-0.2, -0.15) is 0 Å². The van der Waals surface area contributed by atoms with Crippen LogP contribution in [-0.2, 0) is 57.2 Å². The summed E-state index contributed by atoms with van der Waals surface area (Å²) in [5, 5.41) is 0. The third-order valence-corrected chi connectivity index (χ3v) is 10.2. The van der Waals surface area contributed by atoms with Gasteiger partial charge >= 0.3 is 35.8 Å². The molecule has 0 N–H and O–H groups in total. The van der Waals surface area contributed by atoms with E-state index in [0.717, 1.165) is 57.8 Å². The highest BCUT2D eigenvalue weighted by atomic mass is 16.6. The Labute approximate surface area is 470 Å². The molecule has 0 saturated carbocycles. The molecular formula is C64H128O12. The number of rotatable bonds is 23. The van der Waals surface area contributed by atoms with E-state index in [4.69, 9.17) is 28.4 Å². The number of hydrogen-bond acceptors (Lipinski definition) is 12. The topological polar surface area (TPSA) is 158 Å². The second-order valence-electron chi connectivity index (χ2n) is 28.4. The molecule has 0 aromatic carbocycles. The Morgan fingerprint density at radius 2 is 0.592 bits per heavy atom. The zero-order valence-corrected chi connectivity index (χ0v) is 55.5. The van der Waals surface area contributed by atoms with Crippen molar-refractivity contribution in [1.29, 1.82) is 0 Å². The molecule has 0 aliphatic heterocycles. The first-order valence-corrected chi connectivity index (χ1v) is 29.2. The molecule has 0 aromatic rings. The summed E-state index contributed by atoms with van der Waals surface area (Å²) in [6.07, 6.45) is 12.0. The van der Waals surface area contributed by atoms with Crippen molar-refractivity contribution in [1.82, 2.24) is 0 Å². The van der Waals surface area contributed by atoms with Gasteiger partial charge in [-0.15, -0.1) is 0 Å². The van der Waals surface area contributed by atoms with Gasteiger partial charge in [0.05, 0.1) is 38.1 Å². The van der Waals surface area contributed by atoms with E-state index >= 15 is 0 Å². The molecule has 0 amide bonds. The highest BCUT2D eigenvalue weighted by molar-refractivity contribution is 5.70. The van der Waals surface area contributed by atoms with Gasteiger partial charge in [0.25, 0.3) is 0 Å². The Morgan fingerprint density at radius 3 is 0.882 bits per heavy atom. The molecule has 456 valence electrons. The lowest BCUT2D eigenvalue weighted by Gasteiger charge is -2.23. The fourth-order valence-electron chi connectivity index (χ4n) is 6.37. The van der Waals surface area contributed by atoms with Crippen molar-refractivity contribution in [2.75, 3.05) is 19.8 Å². The molecule has 0 fully saturated rings. The Balaban J connectivity index is -0.000000194. The molecule has 0 radical (unpaired) electrons. The van der Waals surface area contributed by atoms with Gasteiger partial charge in [0.2, 0.25) is 0 Å². The molecule has 0 spiro atoms. The maximum Gasteiger partial charge on any atom is 0.306 e. The summed E-state index contributed by atoms with van der Waals surface area (Å²) in [5.41, 5.74) is 1.72. The highest BCUT2D eigenvalue weighted by Crippen LogP contribution is 2.25. The van der Waals surface area contributed by atoms with Crippen LogP contribution in [0, 0.1) is 44.3 Å². The molecule has 0 aliphatic rings. The van der Waals surface area contributed by atoms with Crippen LogP contribution in [0.5, 0.6) is 0 Å². The van der Waals surface area contributed by atoms with Gasteiger partial charge in [-0.3, -0.25) is 28.8 Å². The van der Waals surface area contributed by atoms with E-state index in [1.165, 1.54) is 0 Å². The monoisotopic (exact) mass is 1090 g/mol. The molecule has 0 heterocycles. The second-order valence-corrected chi connectivity index (χ2v) is 28.4. The largest absolute Gasteiger partial charge is 0.466 e. The Bertz CT molecular complexity index is 1470. The number of ether oxygens (including phenoxy) is 6. The van der Waals surface area contributed by atoms with Crippen LogP contribution in [0.25, 0.3) is 0 Å². The molecule has 0 rings (SSSR count). The summed E-state index contributed by atoms with van der Waals surface area (Å²) in [7, 11) is 0. The maximum absolute atomic E-state index is 11.3. The molecule has 12 nitrogen and oxygen atoms in total. The van der Waals surface area contributed by atoms with Crippen molar-refractivity contribution < 1.29 is 57.2 Å². The molecule has 0 bridgehead atoms. The van der Waals surface area contributed by atoms with E-state index in [1.54, 1.807) is 6.92 Å². The van der Waals surface area contributed by atoms with Gasteiger partial charge in [-0.25, -0.2) is 0 Å². The minimum absolute atomic E-state index is 0.0289. The molecule has 0 saturated heterocycles. The molecular weight excluding hydrogens is 961 g/mol. The van der Waals surface area contributed by atoms with E-state index < -0.39 is 0 Å². The summed E-state index contributed by atoms with van der Waals surface area (Å²) in [6, 6.07) is 0. The van der Waals surface area contributed by atoms with Crippen molar-refractivity contribution in [3.8, 4) is 0 Å². The Hall–Kier alpha value is -3.18. The molecule has 76 heavy (non-hydrogen) atoms. The molecule has 3 unspecified atom stereocenters. The zero-order chi connectivity index (χ0) is 61.3. The minimum atomic E-state index is -0.105. The van der Waals surface area contributed by atoms with Crippen LogP contribution < -0.4 is 0 Å². The van der Waals surface area contributed by atoms with Crippen molar-refractivity contribution in [2.24, 2.45) is 44.3 Å². The van der Waals surface area contributed by atoms with Crippen LogP contribution in [0.2, 0.25) is 0 Å². The average molecular weight is 1090 g/mol. The van der Waals surface area contributed by atoms with Gasteiger partial charge in [0.1, 0.15) is 0 Å². The number of esters is 6. The van der Waals surface area contributed by atoms with Crippen LogP contribution in [0.4, 0.5) is 0 Å². The first-order chi connectivity index (χ1) is 34.1. The second kappa shape index (κ2) is 44.6. The third-order valence-electron chi connectivity index (χ3n) is 10.2. The van der Waals surface area contributed by atoms with E-state index in [0.29, 0.717) is 86.4 Å². The highest BCUT2D eigenvalue weighted by Gasteiger charge is 2.20. The first kappa shape index (κ1) is 84.1. The van der Waals surface area contributed by atoms with Gasteiger partial charge in [0, 0.05) is 38.5 Å². The van der Waals surface area contributed by atoms with Crippen molar-refractivity contribution in [3.63, 3.8) is 0 Å². The number of hydrogen-bond donors (Lipinski definition) is 0. The summed E-state index contributed by atoms with van der Waals surface area (Å²) in [6.45, 7) is 61.9. The quantitative estimate of drug-likeness (QED) is 0.0542. The van der Waals surface area contributed by atoms with E-state index in [-0.39, 0.29) is 70.4 Å². The normalized spacial score (nSPS) is 12.8. The van der Waals surface area contributed by atoms with Crippen LogP contribution in [0.15, 0.2) is 0 Å². The van der Waals surface area contributed by atoms with Crippen LogP contribution >= 0.6 is 0 Å². The standard InChI is InChI=1S/2C12H24O2.C11H22O2.2C10H20O2.C9H18O2/c1-9(2)7-11(13)14-10(3)8-12(4,5)6;1-10(2)9-11(13)14-8-6-7-12(3,4)5;1-6-10(12)13-9(2)7-8-11(3,4)5;1-6-9(11)12-8(2)7-10(3,4)5;1-5-9(11)12-8-6-7-10(2,3)4;1-5-8(10)11-7-6-9(2,3)4/h9-10H,7-8H2,1-6H3;10H,6-9H2,1-5H3;9H,6-8H2,1-5H3;8H,6-7H2,1-5H3;5-8H2,1-4H3;5-7H2,1-4H3. The lowest BCUT2D eigenvalue weighted by molar-refractivity contribution is -0.151. The lowest BCUT2D eigenvalue weighted by atomic mass is 9.89. The molecule has 12 heteroatoms. The maximum atomic E-state index is 11.3. The average Bonchev–Trinajstić information content (AvgIpc) is 3.20. The van der Waals surface area contributed by atoms with Gasteiger partial charge in [-0.1, -0.05) is 180 Å². The molecule has 3 atom stereocenters. The van der Waals surface area contributed by atoms with Gasteiger partial charge in [-0.05, 0) is 123 Å². The fraction of sp³-hybridized carbons (Fsp3) is 0.906. The van der Waals surface area contributed by atoms with Gasteiger partial charge in [0.15, 0.2) is 0 Å². The SMILES string of the molecule is CC(C)CC(=O)OC(C)CC(C)(C)C.CC(C)CC(=O)OCCCC(C)(C)C.CCC(=O)OC(C)CC(C)(C)C.CCC(=O)OC(C)CCC(C)(C)C.CCC(=O)OCCC(C)(C)C.CCC(=O)OCCCC(C)(C)C. The third kappa shape index (κ3) is 84.8. The van der Waals surface area contributed by atoms with Crippen LogP contribution in [0.1, 0.15) is 297 Å². The molecule has 0 aromatic heterocycles. The fourth-order valence-corrected chi connectivity index (χ4v) is 6.37. The molecule has 0 aliphatic carbocycles. The van der Waals surface area contributed by atoms with E-state index in [2.05, 4.69) is 125 Å². The van der Waals surface area contributed by atoms with Crippen molar-refractivity contribution >= 4 is 35.8 Å². The van der Waals surface area contributed by atoms with Crippen LogP contribution in [-0.4, -0.2) is 73.9 Å². The smallest absolute Gasteiger partial charge is 0.306 e. The lowest BCUT2D eigenvalue weighted by Crippen LogP contribution is -2.21. The number of carbonyl (C=O) groups is 6. The van der Waals surface area contributed by atoms with Crippen molar-refractivity contribution in [2.45, 2.75) is 315 Å². The van der Waals surface area contributed by atoms with Crippen LogP contribution in [0.3, 0.4) is 0 Å². The first-order valence-electron chi connectivity index (χ1n) is 29.2. The van der Waals surface area contributed by atoms with Gasteiger partial charge < -0.3 is 28.4 Å². The minimum Gasteiger partial charge on any atom is -0.466 e. The number of carbonyl (C=O) groups excluding carboxylic acids is 6. The summed E-state index contributed by atoms with van der Waals surface area (Å²) < 4.78 is 30.6. The predicted octanol–water partition coefficient (Wildman–Crippen LogP) is 17.9. The predicted molar refractivity (Wildman–Crippen MR) is 318 cm³/mol. The summed E-state index contributed by atoms with van der Waals surface area (Å²) >= 11 is 0. The summed E-state index contributed by atoms with van der Waals surface area (Å²) in [4.78, 5) is 65.7. The van der Waals surface area contributed by atoms with Crippen molar-refractivity contribution in [3.05, 3.63) is 0 Å². The summed E-state index contributed by atoms with van der Waals surface area (Å²) in [5.74, 6) is 0.242.